The Kier molecular flexibility index (Phi) is 5.53. The van der Waals surface area contributed by atoms with Gasteiger partial charge >= 0.3 is 0 Å². The number of carbonyl (C=O) groups excluding carboxylic acids is 1. The Balaban J connectivity index is 1.92. The van der Waals surface area contributed by atoms with Crippen molar-refractivity contribution in [2.24, 2.45) is 5.92 Å². The molecule has 0 aromatic heterocycles. The van der Waals surface area contributed by atoms with Crippen molar-refractivity contribution in [1.29, 1.82) is 0 Å². The number of hydrogen-bond acceptors (Lipinski definition) is 2. The van der Waals surface area contributed by atoms with Crippen LogP contribution in [0.5, 0.6) is 0 Å². The molecule has 2 aromatic carbocycles. The van der Waals surface area contributed by atoms with Gasteiger partial charge in [-0.3, -0.25) is 4.79 Å². The van der Waals surface area contributed by atoms with E-state index >= 15 is 0 Å². The third-order valence-electron chi connectivity index (χ3n) is 3.24. The quantitative estimate of drug-likeness (QED) is 0.851. The van der Waals surface area contributed by atoms with Gasteiger partial charge < -0.3 is 10.6 Å². The molecule has 1 amide bonds. The number of carbonyl (C=O) groups is 1. The van der Waals surface area contributed by atoms with E-state index in [4.69, 9.17) is 0 Å². The first-order chi connectivity index (χ1) is 10.6. The van der Waals surface area contributed by atoms with Crippen LogP contribution in [0.1, 0.15) is 29.8 Å². The molecule has 22 heavy (non-hydrogen) atoms. The average Bonchev–Trinajstić information content (AvgIpc) is 2.52. The zero-order valence-corrected chi connectivity index (χ0v) is 12.9. The second-order valence-electron chi connectivity index (χ2n) is 5.63. The highest BCUT2D eigenvalue weighted by atomic mass is 19.1. The van der Waals surface area contributed by atoms with E-state index < -0.39 is 0 Å². The van der Waals surface area contributed by atoms with E-state index in [0.717, 1.165) is 5.56 Å². The van der Waals surface area contributed by atoms with Gasteiger partial charge in [-0.05, 0) is 35.7 Å². The van der Waals surface area contributed by atoms with E-state index in [1.807, 2.05) is 12.1 Å². The highest BCUT2D eigenvalue weighted by Crippen LogP contribution is 2.14. The van der Waals surface area contributed by atoms with Gasteiger partial charge in [-0.1, -0.05) is 38.1 Å². The molecule has 4 heteroatoms. The molecule has 0 aliphatic heterocycles. The molecule has 0 fully saturated rings. The normalized spacial score (nSPS) is 10.5. The average molecular weight is 300 g/mol. The number of hydrogen-bond donors (Lipinski definition) is 2. The van der Waals surface area contributed by atoms with E-state index in [-0.39, 0.29) is 11.7 Å². The Morgan fingerprint density at radius 2 is 1.77 bits per heavy atom. The lowest BCUT2D eigenvalue weighted by Gasteiger charge is -2.09. The monoisotopic (exact) mass is 300 g/mol. The van der Waals surface area contributed by atoms with E-state index in [0.29, 0.717) is 30.3 Å². The maximum atomic E-state index is 13.5. The molecule has 116 valence electrons. The number of nitrogens with one attached hydrogen (secondary N) is 2. The Morgan fingerprint density at radius 3 is 2.41 bits per heavy atom. The van der Waals surface area contributed by atoms with Gasteiger partial charge in [0.15, 0.2) is 0 Å². The van der Waals surface area contributed by atoms with Crippen molar-refractivity contribution in [3.8, 4) is 0 Å². The predicted molar refractivity (Wildman–Crippen MR) is 87.3 cm³/mol. The Hall–Kier alpha value is -2.36. The first-order valence-electron chi connectivity index (χ1n) is 7.42. The van der Waals surface area contributed by atoms with Gasteiger partial charge in [-0.25, -0.2) is 4.39 Å². The fourth-order valence-corrected chi connectivity index (χ4v) is 1.97. The Bertz CT molecular complexity index is 623. The molecule has 0 heterocycles. The van der Waals surface area contributed by atoms with Crippen molar-refractivity contribution < 1.29 is 9.18 Å². The van der Waals surface area contributed by atoms with Crippen molar-refractivity contribution in [2.45, 2.75) is 20.4 Å². The van der Waals surface area contributed by atoms with Crippen molar-refractivity contribution >= 4 is 11.6 Å². The molecular formula is C18H21FN2O. The smallest absolute Gasteiger partial charge is 0.251 e. The fraction of sp³-hybridized carbons (Fsp3) is 0.278. The lowest BCUT2D eigenvalue weighted by atomic mass is 10.1. The van der Waals surface area contributed by atoms with Gasteiger partial charge in [0.1, 0.15) is 5.82 Å². The molecule has 0 saturated carbocycles. The molecule has 0 aliphatic rings. The van der Waals surface area contributed by atoms with Crippen LogP contribution in [0.2, 0.25) is 0 Å². The maximum absolute atomic E-state index is 13.5. The summed E-state index contributed by atoms with van der Waals surface area (Å²) in [5, 5.41) is 5.92. The summed E-state index contributed by atoms with van der Waals surface area (Å²) >= 11 is 0. The maximum Gasteiger partial charge on any atom is 0.251 e. The van der Waals surface area contributed by atoms with Crippen molar-refractivity contribution in [3.05, 3.63) is 65.5 Å². The van der Waals surface area contributed by atoms with Gasteiger partial charge in [0, 0.05) is 18.7 Å². The minimum absolute atomic E-state index is 0.0673. The molecule has 0 radical (unpaired) electrons. The molecule has 2 rings (SSSR count). The third kappa shape index (κ3) is 4.58. The standard InChI is InChI=1S/C18H21FN2O/c1-13(2)11-21-18(22)15-9-7-14(8-10-15)12-20-17-6-4-3-5-16(17)19/h3-10,13,20H,11-12H2,1-2H3,(H,21,22). The summed E-state index contributed by atoms with van der Waals surface area (Å²) in [5.74, 6) is 0.0858. The topological polar surface area (TPSA) is 41.1 Å². The zero-order valence-electron chi connectivity index (χ0n) is 12.9. The van der Waals surface area contributed by atoms with Crippen LogP contribution in [0.4, 0.5) is 10.1 Å². The van der Waals surface area contributed by atoms with Crippen LogP contribution in [0, 0.1) is 11.7 Å². The second-order valence-corrected chi connectivity index (χ2v) is 5.63. The van der Waals surface area contributed by atoms with Gasteiger partial charge in [0.05, 0.1) is 5.69 Å². The highest BCUT2D eigenvalue weighted by molar-refractivity contribution is 5.94. The number of amides is 1. The van der Waals surface area contributed by atoms with Crippen molar-refractivity contribution in [3.63, 3.8) is 0 Å². The van der Waals surface area contributed by atoms with E-state index in [1.165, 1.54) is 6.07 Å². The number of para-hydroxylation sites is 1. The largest absolute Gasteiger partial charge is 0.379 e. The number of halogens is 1. The minimum atomic E-state index is -0.271. The lowest BCUT2D eigenvalue weighted by Crippen LogP contribution is -2.27. The molecule has 0 atom stereocenters. The zero-order chi connectivity index (χ0) is 15.9. The van der Waals surface area contributed by atoms with Crippen LogP contribution >= 0.6 is 0 Å². The van der Waals surface area contributed by atoms with E-state index in [9.17, 15) is 9.18 Å². The Morgan fingerprint density at radius 1 is 1.09 bits per heavy atom. The van der Waals surface area contributed by atoms with Crippen LogP contribution in [0.25, 0.3) is 0 Å². The number of rotatable bonds is 6. The van der Waals surface area contributed by atoms with E-state index in [1.54, 1.807) is 30.3 Å². The van der Waals surface area contributed by atoms with Crippen LogP contribution in [0.3, 0.4) is 0 Å². The van der Waals surface area contributed by atoms with Crippen LogP contribution in [-0.2, 0) is 6.54 Å². The molecule has 0 spiro atoms. The fourth-order valence-electron chi connectivity index (χ4n) is 1.97. The lowest BCUT2D eigenvalue weighted by molar-refractivity contribution is 0.0949. The highest BCUT2D eigenvalue weighted by Gasteiger charge is 2.06. The molecule has 0 saturated heterocycles. The summed E-state index contributed by atoms with van der Waals surface area (Å²) in [6, 6.07) is 13.9. The summed E-state index contributed by atoms with van der Waals surface area (Å²) in [5.41, 5.74) is 2.10. The first kappa shape index (κ1) is 16.0. The van der Waals surface area contributed by atoms with Crippen LogP contribution in [0.15, 0.2) is 48.5 Å². The number of anilines is 1. The second kappa shape index (κ2) is 7.59. The van der Waals surface area contributed by atoms with Crippen molar-refractivity contribution in [1.82, 2.24) is 5.32 Å². The molecule has 3 nitrogen and oxygen atoms in total. The minimum Gasteiger partial charge on any atom is -0.379 e. The first-order valence-corrected chi connectivity index (χ1v) is 7.42. The summed E-state index contributed by atoms with van der Waals surface area (Å²) in [6.45, 7) is 5.28. The number of benzene rings is 2. The summed E-state index contributed by atoms with van der Waals surface area (Å²) < 4.78 is 13.5. The summed E-state index contributed by atoms with van der Waals surface area (Å²) in [6.07, 6.45) is 0. The molecular weight excluding hydrogens is 279 g/mol. The third-order valence-corrected chi connectivity index (χ3v) is 3.24. The SMILES string of the molecule is CC(C)CNC(=O)c1ccc(CNc2ccccc2F)cc1. The summed E-state index contributed by atoms with van der Waals surface area (Å²) in [4.78, 5) is 11.9. The molecule has 2 aromatic rings. The van der Waals surface area contributed by atoms with Gasteiger partial charge in [-0.2, -0.15) is 0 Å². The van der Waals surface area contributed by atoms with Gasteiger partial charge in [0.25, 0.3) is 5.91 Å². The summed E-state index contributed by atoms with van der Waals surface area (Å²) in [7, 11) is 0. The predicted octanol–water partition coefficient (Wildman–Crippen LogP) is 3.82. The van der Waals surface area contributed by atoms with Crippen LogP contribution < -0.4 is 10.6 Å². The van der Waals surface area contributed by atoms with E-state index in [2.05, 4.69) is 24.5 Å². The van der Waals surface area contributed by atoms with Crippen molar-refractivity contribution in [2.75, 3.05) is 11.9 Å². The molecule has 0 unspecified atom stereocenters. The van der Waals surface area contributed by atoms with Crippen LogP contribution in [-0.4, -0.2) is 12.5 Å². The van der Waals surface area contributed by atoms with Gasteiger partial charge in [0.2, 0.25) is 0 Å². The van der Waals surface area contributed by atoms with Gasteiger partial charge in [-0.15, -0.1) is 0 Å². The molecule has 0 aliphatic carbocycles. The Labute approximate surface area is 130 Å². The molecule has 0 bridgehead atoms. The molecule has 2 N–H and O–H groups in total.